The van der Waals surface area contributed by atoms with Crippen molar-refractivity contribution < 1.29 is 56.9 Å². The van der Waals surface area contributed by atoms with Crippen LogP contribution in [0.5, 0.6) is 5.75 Å². The Morgan fingerprint density at radius 2 is 1.43 bits per heavy atom. The molecule has 146 valence electrons. The van der Waals surface area contributed by atoms with E-state index in [1.165, 1.54) is 6.07 Å². The molecule has 0 unspecified atom stereocenters. The van der Waals surface area contributed by atoms with Gasteiger partial charge in [0.1, 0.15) is 5.75 Å². The van der Waals surface area contributed by atoms with Crippen LogP contribution >= 0.6 is 0 Å². The smallest absolute Gasteiger partial charge is 0.507 e. The molecule has 0 aromatic heterocycles. The zero-order valence-electron chi connectivity index (χ0n) is 16.1. The van der Waals surface area contributed by atoms with Crippen molar-refractivity contribution in [2.45, 2.75) is 6.92 Å². The van der Waals surface area contributed by atoms with Crippen LogP contribution in [0.4, 0.5) is 11.4 Å². The molecule has 30 heavy (non-hydrogen) atoms. The number of aromatic hydroxyl groups is 1. The zero-order chi connectivity index (χ0) is 21.1. The average Bonchev–Trinajstić information content (AvgIpc) is 2.68. The van der Waals surface area contributed by atoms with E-state index in [2.05, 4.69) is 11.4 Å². The zero-order valence-corrected chi connectivity index (χ0v) is 18.9. The maximum absolute atomic E-state index is 13.0. The van der Waals surface area contributed by atoms with Gasteiger partial charge in [-0.25, -0.2) is 0 Å². The predicted octanol–water partition coefficient (Wildman–Crippen LogP) is 0.0197. The molecule has 0 radical (unpaired) electrons. The SMILES string of the molecule is Cc1c[c-]c(Nc2ccc(O)c3c2C(=O)c2ccccc2C3=O)cc1.O=S(=O)=O.[Na+]. The molecule has 0 spiro atoms. The van der Waals surface area contributed by atoms with Crippen LogP contribution in [0.1, 0.15) is 37.4 Å². The molecule has 0 aliphatic heterocycles. The van der Waals surface area contributed by atoms with E-state index in [4.69, 9.17) is 12.6 Å². The average molecular weight is 431 g/mol. The van der Waals surface area contributed by atoms with Gasteiger partial charge in [-0.3, -0.25) is 9.59 Å². The second kappa shape index (κ2) is 9.82. The van der Waals surface area contributed by atoms with Crippen LogP contribution in [0.3, 0.4) is 0 Å². The number of nitrogens with one attached hydrogen (secondary N) is 1. The van der Waals surface area contributed by atoms with E-state index < -0.39 is 10.6 Å². The van der Waals surface area contributed by atoms with E-state index in [1.807, 2.05) is 25.1 Å². The summed E-state index contributed by atoms with van der Waals surface area (Å²) in [6.07, 6.45) is 0. The molecule has 3 aromatic rings. The van der Waals surface area contributed by atoms with Crippen LogP contribution in [-0.4, -0.2) is 29.3 Å². The van der Waals surface area contributed by atoms with Crippen LogP contribution in [0.2, 0.25) is 0 Å². The first-order valence-electron chi connectivity index (χ1n) is 8.36. The molecule has 0 atom stereocenters. The number of hydrogen-bond acceptors (Lipinski definition) is 7. The van der Waals surface area contributed by atoms with Gasteiger partial charge in [0.25, 0.3) is 0 Å². The van der Waals surface area contributed by atoms with E-state index in [0.29, 0.717) is 22.5 Å². The summed E-state index contributed by atoms with van der Waals surface area (Å²) < 4.78 is 25.3. The van der Waals surface area contributed by atoms with Crippen molar-refractivity contribution in [3.63, 3.8) is 0 Å². The fourth-order valence-electron chi connectivity index (χ4n) is 3.04. The fourth-order valence-corrected chi connectivity index (χ4v) is 3.04. The number of rotatable bonds is 2. The molecule has 1 aliphatic carbocycles. The Kier molecular flexibility index (Phi) is 7.69. The van der Waals surface area contributed by atoms with Crippen LogP contribution in [0.25, 0.3) is 0 Å². The monoisotopic (exact) mass is 431 g/mol. The molecule has 7 nitrogen and oxygen atoms in total. The molecule has 0 amide bonds. The summed E-state index contributed by atoms with van der Waals surface area (Å²) in [6, 6.07) is 18.4. The first-order valence-corrected chi connectivity index (χ1v) is 9.36. The number of carbonyl (C=O) groups is 2. The van der Waals surface area contributed by atoms with Gasteiger partial charge in [-0.15, -0.1) is 18.7 Å². The first kappa shape index (κ1) is 23.5. The maximum Gasteiger partial charge on any atom is 1.00 e. The number of fused-ring (bicyclic) bond motifs is 2. The standard InChI is InChI=1S/C21H14NO3.Na.O3S/c1-12-6-8-13(9-7-12)22-16-10-11-17(23)19-18(16)20(24)14-4-2-3-5-15(14)21(19)25;;1-4(2)3/h2-8,10-11,22-23H,1H3;;/q-1;+1;. The van der Waals surface area contributed by atoms with Crippen molar-refractivity contribution in [3.8, 4) is 5.75 Å². The fraction of sp³-hybridized carbons (Fsp3) is 0.0476. The third-order valence-electron chi connectivity index (χ3n) is 4.29. The van der Waals surface area contributed by atoms with Gasteiger partial charge in [0.05, 0.1) is 11.1 Å². The second-order valence-corrected chi connectivity index (χ2v) is 6.60. The molecule has 9 heteroatoms. The largest absolute Gasteiger partial charge is 1.00 e. The Balaban J connectivity index is 0.000000591. The van der Waals surface area contributed by atoms with Gasteiger partial charge in [-0.05, 0) is 12.1 Å². The Labute approximate surface area is 196 Å². The minimum atomic E-state index is -3.11. The van der Waals surface area contributed by atoms with Crippen LogP contribution in [-0.2, 0) is 10.6 Å². The normalized spacial score (nSPS) is 11.2. The maximum atomic E-state index is 13.0. The van der Waals surface area contributed by atoms with Gasteiger partial charge >= 0.3 is 40.2 Å². The summed E-state index contributed by atoms with van der Waals surface area (Å²) in [5.74, 6) is -0.823. The summed E-state index contributed by atoms with van der Waals surface area (Å²) in [5, 5.41) is 13.3. The van der Waals surface area contributed by atoms with Crippen molar-refractivity contribution in [3.05, 3.63) is 88.5 Å². The molecule has 0 fully saturated rings. The molecule has 0 saturated heterocycles. The number of carbonyl (C=O) groups excluding carboxylic acids is 2. The molecule has 1 aliphatic rings. The predicted molar refractivity (Wildman–Crippen MR) is 104 cm³/mol. The summed E-state index contributed by atoms with van der Waals surface area (Å²) in [4.78, 5) is 25.7. The van der Waals surface area contributed by atoms with Crippen LogP contribution in [0, 0.1) is 13.0 Å². The number of anilines is 2. The van der Waals surface area contributed by atoms with Crippen LogP contribution < -0.4 is 34.9 Å². The summed E-state index contributed by atoms with van der Waals surface area (Å²) >= 11 is 0. The van der Waals surface area contributed by atoms with Crippen molar-refractivity contribution in [2.24, 2.45) is 0 Å². The number of benzene rings is 3. The molecule has 0 saturated carbocycles. The van der Waals surface area contributed by atoms with Crippen molar-refractivity contribution in [2.75, 3.05) is 5.32 Å². The summed E-state index contributed by atoms with van der Waals surface area (Å²) in [5.41, 5.74) is 3.12. The molecule has 0 heterocycles. The van der Waals surface area contributed by atoms with Gasteiger partial charge < -0.3 is 10.4 Å². The quantitative estimate of drug-likeness (QED) is 0.261. The Morgan fingerprint density at radius 1 is 0.867 bits per heavy atom. The molecular weight excluding hydrogens is 417 g/mol. The van der Waals surface area contributed by atoms with Gasteiger partial charge in [0, 0.05) is 16.8 Å². The Hall–Kier alpha value is -2.78. The van der Waals surface area contributed by atoms with E-state index in [-0.39, 0.29) is 58.0 Å². The topological polar surface area (TPSA) is 118 Å². The molecular formula is C21H14NNaO6S. The second-order valence-electron chi connectivity index (χ2n) is 6.19. The van der Waals surface area contributed by atoms with Crippen molar-refractivity contribution in [1.29, 1.82) is 0 Å². The third kappa shape index (κ3) is 4.85. The summed E-state index contributed by atoms with van der Waals surface area (Å²) in [6.45, 7) is 1.96. The number of ketones is 2. The Morgan fingerprint density at radius 3 is 1.97 bits per heavy atom. The number of aryl methyl sites for hydroxylation is 1. The molecule has 3 aromatic carbocycles. The van der Waals surface area contributed by atoms with Crippen molar-refractivity contribution in [1.82, 2.24) is 0 Å². The van der Waals surface area contributed by atoms with Gasteiger partial charge in [0.15, 0.2) is 11.6 Å². The van der Waals surface area contributed by atoms with Crippen LogP contribution in [0.15, 0.2) is 54.6 Å². The van der Waals surface area contributed by atoms with Gasteiger partial charge in [-0.2, -0.15) is 23.8 Å². The first-order chi connectivity index (χ1) is 13.8. The number of hydrogen-bond donors (Lipinski definition) is 2. The third-order valence-corrected chi connectivity index (χ3v) is 4.29. The molecule has 2 N–H and O–H groups in total. The van der Waals surface area contributed by atoms with E-state index in [1.54, 1.807) is 30.3 Å². The van der Waals surface area contributed by atoms with Gasteiger partial charge in [-0.1, -0.05) is 36.9 Å². The number of phenolic OH excluding ortho intramolecular Hbond substituents is 1. The van der Waals surface area contributed by atoms with Crippen molar-refractivity contribution >= 4 is 33.6 Å². The van der Waals surface area contributed by atoms with Gasteiger partial charge in [0.2, 0.25) is 0 Å². The van der Waals surface area contributed by atoms with E-state index in [0.717, 1.165) is 5.56 Å². The minimum absolute atomic E-state index is 0. The number of phenols is 1. The summed E-state index contributed by atoms with van der Waals surface area (Å²) in [7, 11) is -3.11. The molecule has 4 rings (SSSR count). The molecule has 0 bridgehead atoms. The minimum Gasteiger partial charge on any atom is -0.507 e. The van der Waals surface area contributed by atoms with E-state index >= 15 is 0 Å². The Bertz CT molecular complexity index is 1230. The van der Waals surface area contributed by atoms with E-state index in [9.17, 15) is 14.7 Å².